The number of benzene rings is 1. The predicted molar refractivity (Wildman–Crippen MR) is 65.4 cm³/mol. The molecule has 4 nitrogen and oxygen atoms in total. The normalized spacial score (nSPS) is 9.74. The number of pyridine rings is 1. The van der Waals surface area contributed by atoms with Crippen molar-refractivity contribution in [1.29, 1.82) is 5.26 Å². The summed E-state index contributed by atoms with van der Waals surface area (Å²) < 4.78 is 18.8. The Morgan fingerprint density at radius 3 is 2.84 bits per heavy atom. The maximum Gasteiger partial charge on any atom is 0.230 e. The van der Waals surface area contributed by atoms with Gasteiger partial charge in [-0.3, -0.25) is 4.79 Å². The van der Waals surface area contributed by atoms with E-state index in [-0.39, 0.29) is 28.5 Å². The van der Waals surface area contributed by atoms with E-state index in [4.69, 9.17) is 10.00 Å². The molecule has 0 aliphatic heterocycles. The van der Waals surface area contributed by atoms with Crippen LogP contribution >= 0.6 is 0 Å². The SMILES string of the molecule is CC(=O)c1cccnc1Oc1cccc(F)c1C#N. The van der Waals surface area contributed by atoms with Crippen LogP contribution in [0.2, 0.25) is 0 Å². The zero-order chi connectivity index (χ0) is 13.8. The summed E-state index contributed by atoms with van der Waals surface area (Å²) >= 11 is 0. The van der Waals surface area contributed by atoms with E-state index in [9.17, 15) is 9.18 Å². The maximum absolute atomic E-state index is 13.4. The zero-order valence-corrected chi connectivity index (χ0v) is 10.1. The highest BCUT2D eigenvalue weighted by molar-refractivity contribution is 5.96. The van der Waals surface area contributed by atoms with Gasteiger partial charge in [-0.25, -0.2) is 9.37 Å². The highest BCUT2D eigenvalue weighted by atomic mass is 19.1. The van der Waals surface area contributed by atoms with Gasteiger partial charge in [0, 0.05) is 6.20 Å². The van der Waals surface area contributed by atoms with E-state index in [0.717, 1.165) is 6.07 Å². The molecule has 0 atom stereocenters. The molecule has 0 saturated carbocycles. The number of ether oxygens (including phenoxy) is 1. The lowest BCUT2D eigenvalue weighted by molar-refractivity contribution is 0.101. The first kappa shape index (κ1) is 12.7. The molecule has 0 unspecified atom stereocenters. The molecule has 0 aliphatic rings. The Kier molecular flexibility index (Phi) is 3.53. The predicted octanol–water partition coefficient (Wildman–Crippen LogP) is 3.09. The number of carbonyl (C=O) groups excluding carboxylic acids is 1. The van der Waals surface area contributed by atoms with Crippen molar-refractivity contribution in [2.75, 3.05) is 0 Å². The number of carbonyl (C=O) groups is 1. The van der Waals surface area contributed by atoms with Crippen LogP contribution in [0.5, 0.6) is 11.6 Å². The minimum atomic E-state index is -0.680. The van der Waals surface area contributed by atoms with E-state index >= 15 is 0 Å². The van der Waals surface area contributed by atoms with Crippen molar-refractivity contribution in [1.82, 2.24) is 4.98 Å². The molecule has 0 amide bonds. The number of Topliss-reactive ketones (excluding diaryl/α,β-unsaturated/α-hetero) is 1. The van der Waals surface area contributed by atoms with Crippen LogP contribution in [-0.4, -0.2) is 10.8 Å². The Labute approximate surface area is 109 Å². The second-order valence-electron chi connectivity index (χ2n) is 3.74. The van der Waals surface area contributed by atoms with Gasteiger partial charge < -0.3 is 4.74 Å². The summed E-state index contributed by atoms with van der Waals surface area (Å²) in [6.07, 6.45) is 1.45. The van der Waals surface area contributed by atoms with E-state index in [2.05, 4.69) is 4.98 Å². The summed E-state index contributed by atoms with van der Waals surface area (Å²) in [5.74, 6) is -0.820. The van der Waals surface area contributed by atoms with Gasteiger partial charge in [0.25, 0.3) is 0 Å². The lowest BCUT2D eigenvalue weighted by Crippen LogP contribution is -2.00. The monoisotopic (exact) mass is 256 g/mol. The number of halogens is 1. The first-order valence-electron chi connectivity index (χ1n) is 5.46. The highest BCUT2D eigenvalue weighted by Gasteiger charge is 2.14. The molecular weight excluding hydrogens is 247 g/mol. The number of nitrogens with zero attached hydrogens (tertiary/aromatic N) is 2. The van der Waals surface area contributed by atoms with Crippen LogP contribution in [0.1, 0.15) is 22.8 Å². The Balaban J connectivity index is 2.46. The Hall–Kier alpha value is -2.74. The van der Waals surface area contributed by atoms with Crippen LogP contribution in [0.25, 0.3) is 0 Å². The molecular formula is C14H9FN2O2. The number of hydrogen-bond donors (Lipinski definition) is 0. The quantitative estimate of drug-likeness (QED) is 0.791. The molecule has 0 spiro atoms. The van der Waals surface area contributed by atoms with Gasteiger partial charge in [0.1, 0.15) is 23.2 Å². The summed E-state index contributed by atoms with van der Waals surface area (Å²) in [6.45, 7) is 1.38. The third kappa shape index (κ3) is 2.58. The number of nitriles is 1. The van der Waals surface area contributed by atoms with Crippen molar-refractivity contribution < 1.29 is 13.9 Å². The van der Waals surface area contributed by atoms with Gasteiger partial charge in [0.2, 0.25) is 5.88 Å². The number of ketones is 1. The lowest BCUT2D eigenvalue weighted by Gasteiger charge is -2.09. The molecule has 0 radical (unpaired) electrons. The minimum Gasteiger partial charge on any atom is -0.437 e. The Morgan fingerprint density at radius 1 is 1.37 bits per heavy atom. The van der Waals surface area contributed by atoms with Crippen LogP contribution in [0.4, 0.5) is 4.39 Å². The van der Waals surface area contributed by atoms with E-state index in [0.29, 0.717) is 0 Å². The fourth-order valence-corrected chi connectivity index (χ4v) is 1.54. The summed E-state index contributed by atoms with van der Waals surface area (Å²) in [6, 6.07) is 8.89. The fourth-order valence-electron chi connectivity index (χ4n) is 1.54. The van der Waals surface area contributed by atoms with Crippen molar-refractivity contribution in [2.24, 2.45) is 0 Å². The second kappa shape index (κ2) is 5.27. The highest BCUT2D eigenvalue weighted by Crippen LogP contribution is 2.27. The van der Waals surface area contributed by atoms with Crippen molar-refractivity contribution >= 4 is 5.78 Å². The molecule has 0 aliphatic carbocycles. The maximum atomic E-state index is 13.4. The van der Waals surface area contributed by atoms with Gasteiger partial charge in [-0.1, -0.05) is 6.07 Å². The number of aromatic nitrogens is 1. The first-order chi connectivity index (χ1) is 9.13. The van der Waals surface area contributed by atoms with Crippen molar-refractivity contribution in [3.05, 3.63) is 53.5 Å². The Bertz CT molecular complexity index is 677. The summed E-state index contributed by atoms with van der Waals surface area (Å²) in [4.78, 5) is 15.3. The van der Waals surface area contributed by atoms with Gasteiger partial charge >= 0.3 is 0 Å². The molecule has 19 heavy (non-hydrogen) atoms. The van der Waals surface area contributed by atoms with Gasteiger partial charge in [0.15, 0.2) is 5.78 Å². The summed E-state index contributed by atoms with van der Waals surface area (Å²) in [5.41, 5.74) is 0.0540. The van der Waals surface area contributed by atoms with Gasteiger partial charge in [-0.2, -0.15) is 5.26 Å². The largest absolute Gasteiger partial charge is 0.437 e. The third-order valence-electron chi connectivity index (χ3n) is 2.44. The molecule has 0 N–H and O–H groups in total. The van der Waals surface area contributed by atoms with Crippen molar-refractivity contribution in [3.63, 3.8) is 0 Å². The van der Waals surface area contributed by atoms with Crippen molar-refractivity contribution in [3.8, 4) is 17.7 Å². The van der Waals surface area contributed by atoms with E-state index in [1.807, 2.05) is 0 Å². The van der Waals surface area contributed by atoms with E-state index in [1.165, 1.54) is 25.3 Å². The molecule has 1 aromatic carbocycles. The van der Waals surface area contributed by atoms with Gasteiger partial charge in [0.05, 0.1) is 5.56 Å². The molecule has 0 fully saturated rings. The summed E-state index contributed by atoms with van der Waals surface area (Å²) in [5, 5.41) is 8.90. The molecule has 94 valence electrons. The fraction of sp³-hybridized carbons (Fsp3) is 0.0714. The van der Waals surface area contributed by atoms with Crippen LogP contribution in [-0.2, 0) is 0 Å². The third-order valence-corrected chi connectivity index (χ3v) is 2.44. The standard InChI is InChI=1S/C14H9FN2O2/c1-9(18)10-4-3-7-17-14(10)19-13-6-2-5-12(15)11(13)8-16/h2-7H,1H3. The number of hydrogen-bond acceptors (Lipinski definition) is 4. The minimum absolute atomic E-state index is 0.0312. The zero-order valence-electron chi connectivity index (χ0n) is 10.1. The second-order valence-corrected chi connectivity index (χ2v) is 3.74. The molecule has 2 rings (SSSR count). The number of rotatable bonds is 3. The molecule has 0 bridgehead atoms. The average molecular weight is 256 g/mol. The molecule has 5 heteroatoms. The average Bonchev–Trinajstić information content (AvgIpc) is 2.39. The Morgan fingerprint density at radius 2 is 2.16 bits per heavy atom. The molecule has 0 saturated heterocycles. The molecule has 1 heterocycles. The van der Waals surface area contributed by atoms with Crippen LogP contribution in [0.15, 0.2) is 36.5 Å². The molecule has 2 aromatic rings. The van der Waals surface area contributed by atoms with Crippen LogP contribution in [0.3, 0.4) is 0 Å². The lowest BCUT2D eigenvalue weighted by atomic mass is 10.2. The topological polar surface area (TPSA) is 63.0 Å². The van der Waals surface area contributed by atoms with E-state index < -0.39 is 5.82 Å². The first-order valence-corrected chi connectivity index (χ1v) is 5.46. The van der Waals surface area contributed by atoms with Crippen molar-refractivity contribution in [2.45, 2.75) is 6.92 Å². The molecule has 1 aromatic heterocycles. The van der Waals surface area contributed by atoms with E-state index in [1.54, 1.807) is 18.2 Å². The van der Waals surface area contributed by atoms with Crippen LogP contribution < -0.4 is 4.74 Å². The summed E-state index contributed by atoms with van der Waals surface area (Å²) in [7, 11) is 0. The van der Waals surface area contributed by atoms with Gasteiger partial charge in [-0.05, 0) is 31.2 Å². The van der Waals surface area contributed by atoms with Gasteiger partial charge in [-0.15, -0.1) is 0 Å². The van der Waals surface area contributed by atoms with Crippen LogP contribution in [0, 0.1) is 17.1 Å². The smallest absolute Gasteiger partial charge is 0.230 e.